The van der Waals surface area contributed by atoms with E-state index in [0.29, 0.717) is 5.92 Å². The van der Waals surface area contributed by atoms with Gasteiger partial charge < -0.3 is 15.3 Å². The highest BCUT2D eigenvalue weighted by atomic mass is 16.6. The van der Waals surface area contributed by atoms with Gasteiger partial charge in [0, 0.05) is 36.4 Å². The van der Waals surface area contributed by atoms with Gasteiger partial charge in [-0.15, -0.1) is 0 Å². The van der Waals surface area contributed by atoms with Gasteiger partial charge in [0.2, 0.25) is 0 Å². The molecule has 0 unspecified atom stereocenters. The second kappa shape index (κ2) is 6.85. The number of nitro groups is 1. The minimum Gasteiger partial charge on any atom is -0.465 e. The Morgan fingerprint density at radius 1 is 1.35 bits per heavy atom. The van der Waals surface area contributed by atoms with Gasteiger partial charge in [-0.3, -0.25) is 10.1 Å². The summed E-state index contributed by atoms with van der Waals surface area (Å²) < 4.78 is 0. The number of piperidine rings is 1. The van der Waals surface area contributed by atoms with Crippen LogP contribution in [0.3, 0.4) is 0 Å². The molecular weight excluding hydrogens is 298 g/mol. The topological polar surface area (TPSA) is 95.7 Å². The number of carboxylic acid groups (broad SMARTS) is 1. The van der Waals surface area contributed by atoms with E-state index < -0.39 is 16.6 Å². The summed E-state index contributed by atoms with van der Waals surface area (Å²) in [7, 11) is 0. The molecule has 23 heavy (non-hydrogen) atoms. The Morgan fingerprint density at radius 2 is 1.91 bits per heavy atom. The molecule has 1 heterocycles. The summed E-state index contributed by atoms with van der Waals surface area (Å²) in [4.78, 5) is 23.3. The first-order valence-corrected chi connectivity index (χ1v) is 7.77. The first-order valence-electron chi connectivity index (χ1n) is 7.77. The number of anilines is 1. The molecule has 0 radical (unpaired) electrons. The lowest BCUT2D eigenvalue weighted by molar-refractivity contribution is -0.384. The second-order valence-corrected chi connectivity index (χ2v) is 6.72. The lowest BCUT2D eigenvalue weighted by Crippen LogP contribution is -2.45. The molecule has 1 amide bonds. The van der Waals surface area contributed by atoms with Crippen LogP contribution in [-0.4, -0.2) is 34.8 Å². The van der Waals surface area contributed by atoms with Crippen molar-refractivity contribution in [2.24, 2.45) is 5.92 Å². The number of nitro benzene ring substituents is 1. The Bertz CT molecular complexity index is 563. The highest BCUT2D eigenvalue weighted by molar-refractivity contribution is 5.65. The maximum atomic E-state index is 10.8. The standard InChI is InChI=1S/C16H23N3O4/c1-16(2,17-15(20)21)11-12-7-9-18(10-8-12)13-3-5-14(6-4-13)19(22)23/h3-6,12,17H,7-11H2,1-2H3,(H,20,21). The number of hydrogen-bond donors (Lipinski definition) is 2. The van der Waals surface area contributed by atoms with E-state index in [2.05, 4.69) is 10.2 Å². The molecule has 7 nitrogen and oxygen atoms in total. The van der Waals surface area contributed by atoms with Crippen molar-refractivity contribution in [3.63, 3.8) is 0 Å². The van der Waals surface area contributed by atoms with Crippen molar-refractivity contribution in [3.8, 4) is 0 Å². The van der Waals surface area contributed by atoms with Gasteiger partial charge in [-0.1, -0.05) is 0 Å². The third-order valence-corrected chi connectivity index (χ3v) is 4.28. The molecule has 2 N–H and O–H groups in total. The fourth-order valence-corrected chi connectivity index (χ4v) is 3.24. The maximum Gasteiger partial charge on any atom is 0.405 e. The van der Waals surface area contributed by atoms with E-state index >= 15 is 0 Å². The number of rotatable bonds is 5. The molecule has 0 atom stereocenters. The van der Waals surface area contributed by atoms with E-state index in [9.17, 15) is 14.9 Å². The van der Waals surface area contributed by atoms with Crippen LogP contribution in [-0.2, 0) is 0 Å². The van der Waals surface area contributed by atoms with E-state index in [0.717, 1.165) is 38.0 Å². The van der Waals surface area contributed by atoms with Crippen LogP contribution in [0.2, 0.25) is 0 Å². The average molecular weight is 321 g/mol. The Hall–Kier alpha value is -2.31. The predicted molar refractivity (Wildman–Crippen MR) is 87.9 cm³/mol. The van der Waals surface area contributed by atoms with Gasteiger partial charge >= 0.3 is 6.09 Å². The third kappa shape index (κ3) is 4.84. The Morgan fingerprint density at radius 3 is 2.39 bits per heavy atom. The quantitative estimate of drug-likeness (QED) is 0.641. The summed E-state index contributed by atoms with van der Waals surface area (Å²) in [5.74, 6) is 0.478. The summed E-state index contributed by atoms with van der Waals surface area (Å²) in [6, 6.07) is 6.63. The summed E-state index contributed by atoms with van der Waals surface area (Å²) in [5.41, 5.74) is 0.675. The number of non-ortho nitro benzene ring substituents is 1. The molecule has 0 spiro atoms. The molecule has 1 aromatic carbocycles. The summed E-state index contributed by atoms with van der Waals surface area (Å²) in [5, 5.41) is 22.1. The summed E-state index contributed by atoms with van der Waals surface area (Å²) in [6.45, 7) is 5.57. The Balaban J connectivity index is 1.88. The molecule has 1 saturated heterocycles. The zero-order valence-electron chi connectivity index (χ0n) is 13.5. The molecule has 1 fully saturated rings. The second-order valence-electron chi connectivity index (χ2n) is 6.72. The predicted octanol–water partition coefficient (Wildman–Crippen LogP) is 3.25. The molecule has 1 aromatic rings. The van der Waals surface area contributed by atoms with Gasteiger partial charge in [-0.05, 0) is 51.2 Å². The Kier molecular flexibility index (Phi) is 5.08. The normalized spacial score (nSPS) is 16.2. The van der Waals surface area contributed by atoms with Gasteiger partial charge in [0.05, 0.1) is 4.92 Å². The molecule has 0 saturated carbocycles. The van der Waals surface area contributed by atoms with Gasteiger partial charge in [0.25, 0.3) is 5.69 Å². The largest absolute Gasteiger partial charge is 0.465 e. The smallest absolute Gasteiger partial charge is 0.405 e. The van der Waals surface area contributed by atoms with Crippen molar-refractivity contribution in [3.05, 3.63) is 34.4 Å². The fourth-order valence-electron chi connectivity index (χ4n) is 3.24. The van der Waals surface area contributed by atoms with Crippen LogP contribution in [0.25, 0.3) is 0 Å². The molecule has 0 bridgehead atoms. The minimum absolute atomic E-state index is 0.102. The molecule has 1 aliphatic heterocycles. The maximum absolute atomic E-state index is 10.8. The van der Waals surface area contributed by atoms with Gasteiger partial charge in [0.15, 0.2) is 0 Å². The number of nitrogens with one attached hydrogen (secondary N) is 1. The number of nitrogens with zero attached hydrogens (tertiary/aromatic N) is 2. The Labute approximate surface area is 135 Å². The SMILES string of the molecule is CC(C)(CC1CCN(c2ccc([N+](=O)[O-])cc2)CC1)NC(=O)O. The number of amides is 1. The lowest BCUT2D eigenvalue weighted by atomic mass is 9.84. The van der Waals surface area contributed by atoms with Crippen molar-refractivity contribution in [1.29, 1.82) is 0 Å². The van der Waals surface area contributed by atoms with Gasteiger partial charge in [-0.25, -0.2) is 4.79 Å². The molecular formula is C16H23N3O4. The number of hydrogen-bond acceptors (Lipinski definition) is 4. The van der Waals surface area contributed by atoms with Gasteiger partial charge in [-0.2, -0.15) is 0 Å². The summed E-state index contributed by atoms with van der Waals surface area (Å²) in [6.07, 6.45) is 1.80. The van der Waals surface area contributed by atoms with Crippen LogP contribution in [0.15, 0.2) is 24.3 Å². The zero-order valence-corrected chi connectivity index (χ0v) is 13.5. The van der Waals surface area contributed by atoms with Crippen LogP contribution in [0.4, 0.5) is 16.2 Å². The number of benzene rings is 1. The van der Waals surface area contributed by atoms with Crippen LogP contribution in [0, 0.1) is 16.0 Å². The first kappa shape index (κ1) is 17.1. The number of carbonyl (C=O) groups is 1. The molecule has 0 aliphatic carbocycles. The molecule has 1 aliphatic rings. The highest BCUT2D eigenvalue weighted by Crippen LogP contribution is 2.29. The summed E-state index contributed by atoms with van der Waals surface area (Å²) >= 11 is 0. The molecule has 7 heteroatoms. The van der Waals surface area contributed by atoms with Crippen LogP contribution < -0.4 is 10.2 Å². The molecule has 0 aromatic heterocycles. The fraction of sp³-hybridized carbons (Fsp3) is 0.562. The van der Waals surface area contributed by atoms with Crippen molar-refractivity contribution in [1.82, 2.24) is 5.32 Å². The molecule has 2 rings (SSSR count). The van der Waals surface area contributed by atoms with Crippen LogP contribution >= 0.6 is 0 Å². The minimum atomic E-state index is -0.988. The van der Waals surface area contributed by atoms with Crippen molar-refractivity contribution in [2.45, 2.75) is 38.6 Å². The first-order chi connectivity index (χ1) is 10.8. The van der Waals surface area contributed by atoms with E-state index in [1.807, 2.05) is 13.8 Å². The van der Waals surface area contributed by atoms with E-state index in [1.165, 1.54) is 12.1 Å². The van der Waals surface area contributed by atoms with E-state index in [4.69, 9.17) is 5.11 Å². The van der Waals surface area contributed by atoms with E-state index in [1.54, 1.807) is 12.1 Å². The zero-order chi connectivity index (χ0) is 17.0. The van der Waals surface area contributed by atoms with Crippen LogP contribution in [0.5, 0.6) is 0 Å². The van der Waals surface area contributed by atoms with Gasteiger partial charge in [0.1, 0.15) is 0 Å². The third-order valence-electron chi connectivity index (χ3n) is 4.28. The lowest BCUT2D eigenvalue weighted by Gasteiger charge is -2.37. The van der Waals surface area contributed by atoms with Crippen molar-refractivity contribution >= 4 is 17.5 Å². The van der Waals surface area contributed by atoms with Crippen molar-refractivity contribution in [2.75, 3.05) is 18.0 Å². The van der Waals surface area contributed by atoms with E-state index in [-0.39, 0.29) is 5.69 Å². The monoisotopic (exact) mass is 321 g/mol. The highest BCUT2D eigenvalue weighted by Gasteiger charge is 2.28. The van der Waals surface area contributed by atoms with Crippen molar-refractivity contribution < 1.29 is 14.8 Å². The van der Waals surface area contributed by atoms with Crippen LogP contribution in [0.1, 0.15) is 33.1 Å². The molecule has 126 valence electrons. The average Bonchev–Trinajstić information content (AvgIpc) is 2.46.